The van der Waals surface area contributed by atoms with Crippen molar-refractivity contribution in [3.8, 4) is 0 Å². The van der Waals surface area contributed by atoms with E-state index in [0.717, 1.165) is 30.5 Å². The molecule has 1 saturated carbocycles. The molecule has 1 saturated heterocycles. The topological polar surface area (TPSA) is 58.6 Å². The number of amides is 2. The van der Waals surface area contributed by atoms with E-state index in [2.05, 4.69) is 5.32 Å². The van der Waals surface area contributed by atoms with Gasteiger partial charge in [-0.05, 0) is 44.2 Å². The van der Waals surface area contributed by atoms with Crippen LogP contribution in [0.5, 0.6) is 0 Å². The SMILES string of the molecule is CCCOC(=O)[C@H]1CS[C@H](C2CCCCC2)N1C(=O)Nc1ccc(C)cc1. The zero-order valence-electron chi connectivity index (χ0n) is 16.3. The Morgan fingerprint density at radius 2 is 1.89 bits per heavy atom. The van der Waals surface area contributed by atoms with Gasteiger partial charge in [0.25, 0.3) is 0 Å². The molecule has 2 aliphatic rings. The van der Waals surface area contributed by atoms with Crippen molar-refractivity contribution in [3.05, 3.63) is 29.8 Å². The molecule has 6 heteroatoms. The van der Waals surface area contributed by atoms with Gasteiger partial charge in [0.15, 0.2) is 0 Å². The highest BCUT2D eigenvalue weighted by molar-refractivity contribution is 8.00. The predicted molar refractivity (Wildman–Crippen MR) is 110 cm³/mol. The number of ether oxygens (including phenoxy) is 1. The summed E-state index contributed by atoms with van der Waals surface area (Å²) in [6.45, 7) is 4.40. The van der Waals surface area contributed by atoms with Crippen LogP contribution in [0, 0.1) is 12.8 Å². The Kier molecular flexibility index (Phi) is 7.05. The average molecular weight is 391 g/mol. The molecule has 1 aromatic carbocycles. The van der Waals surface area contributed by atoms with E-state index in [1.54, 1.807) is 16.7 Å². The lowest BCUT2D eigenvalue weighted by Crippen LogP contribution is -2.50. The van der Waals surface area contributed by atoms with E-state index < -0.39 is 6.04 Å². The predicted octanol–water partition coefficient (Wildman–Crippen LogP) is 4.80. The maximum absolute atomic E-state index is 13.1. The number of hydrogen-bond donors (Lipinski definition) is 1. The number of aryl methyl sites for hydroxylation is 1. The summed E-state index contributed by atoms with van der Waals surface area (Å²) in [5, 5.41) is 3.04. The number of hydrogen-bond acceptors (Lipinski definition) is 4. The van der Waals surface area contributed by atoms with Gasteiger partial charge in [0.05, 0.1) is 12.0 Å². The van der Waals surface area contributed by atoms with Crippen molar-refractivity contribution in [1.29, 1.82) is 0 Å². The smallest absolute Gasteiger partial charge is 0.329 e. The highest BCUT2D eigenvalue weighted by Crippen LogP contribution is 2.41. The molecular formula is C21H30N2O3S. The van der Waals surface area contributed by atoms with E-state index >= 15 is 0 Å². The molecule has 0 unspecified atom stereocenters. The molecule has 2 atom stereocenters. The lowest BCUT2D eigenvalue weighted by molar-refractivity contribution is -0.148. The zero-order valence-corrected chi connectivity index (χ0v) is 17.1. The van der Waals surface area contributed by atoms with E-state index in [4.69, 9.17) is 4.74 Å². The fourth-order valence-electron chi connectivity index (χ4n) is 3.87. The lowest BCUT2D eigenvalue weighted by Gasteiger charge is -2.35. The first kappa shape index (κ1) is 20.1. The maximum Gasteiger partial charge on any atom is 0.329 e. The molecule has 2 amide bonds. The molecule has 1 N–H and O–H groups in total. The summed E-state index contributed by atoms with van der Waals surface area (Å²) in [6.07, 6.45) is 6.73. The third-order valence-corrected chi connectivity index (χ3v) is 6.81. The summed E-state index contributed by atoms with van der Waals surface area (Å²) in [6, 6.07) is 7.05. The van der Waals surface area contributed by atoms with Crippen LogP contribution in [0.3, 0.4) is 0 Å². The first-order valence-corrected chi connectivity index (χ1v) is 11.1. The fraction of sp³-hybridized carbons (Fsp3) is 0.619. The van der Waals surface area contributed by atoms with Gasteiger partial charge < -0.3 is 10.1 Å². The number of rotatable bonds is 5. The van der Waals surface area contributed by atoms with Gasteiger partial charge in [-0.1, -0.05) is 43.9 Å². The van der Waals surface area contributed by atoms with E-state index in [1.165, 1.54) is 19.3 Å². The van der Waals surface area contributed by atoms with E-state index in [0.29, 0.717) is 18.3 Å². The van der Waals surface area contributed by atoms with Crippen LogP contribution in [0.1, 0.15) is 51.0 Å². The van der Waals surface area contributed by atoms with Gasteiger partial charge in [0.1, 0.15) is 6.04 Å². The van der Waals surface area contributed by atoms with Gasteiger partial charge in [-0.2, -0.15) is 0 Å². The summed E-state index contributed by atoms with van der Waals surface area (Å²) < 4.78 is 5.38. The van der Waals surface area contributed by atoms with Crippen molar-refractivity contribution in [1.82, 2.24) is 4.90 Å². The molecule has 0 bridgehead atoms. The minimum Gasteiger partial charge on any atom is -0.464 e. The number of anilines is 1. The minimum absolute atomic E-state index is 0.0509. The van der Waals surface area contributed by atoms with E-state index in [9.17, 15) is 9.59 Å². The Morgan fingerprint density at radius 1 is 1.19 bits per heavy atom. The molecule has 1 aliphatic heterocycles. The molecule has 0 radical (unpaired) electrons. The first-order valence-electron chi connectivity index (χ1n) is 10.0. The third kappa shape index (κ3) is 4.98. The molecule has 0 spiro atoms. The first-order chi connectivity index (χ1) is 13.1. The molecule has 1 heterocycles. The van der Waals surface area contributed by atoms with Crippen LogP contribution in [-0.2, 0) is 9.53 Å². The number of benzene rings is 1. The lowest BCUT2D eigenvalue weighted by atomic mass is 9.88. The van der Waals surface area contributed by atoms with Crippen LogP contribution in [0.25, 0.3) is 0 Å². The van der Waals surface area contributed by atoms with Crippen molar-refractivity contribution in [2.75, 3.05) is 17.7 Å². The van der Waals surface area contributed by atoms with Gasteiger partial charge in [-0.15, -0.1) is 11.8 Å². The zero-order chi connectivity index (χ0) is 19.2. The standard InChI is InChI=1S/C21H30N2O3S/c1-3-13-26-20(24)18-14-27-19(16-7-5-4-6-8-16)23(18)21(25)22-17-11-9-15(2)10-12-17/h9-12,16,18-19H,3-8,13-14H2,1-2H3,(H,22,25)/t18-,19-/m1/s1. The largest absolute Gasteiger partial charge is 0.464 e. The van der Waals surface area contributed by atoms with Crippen molar-refractivity contribution in [2.45, 2.75) is 63.8 Å². The minimum atomic E-state index is -0.501. The highest BCUT2D eigenvalue weighted by Gasteiger charge is 2.45. The van der Waals surface area contributed by atoms with Crippen LogP contribution in [0.2, 0.25) is 0 Å². The molecule has 1 aliphatic carbocycles. The van der Waals surface area contributed by atoms with Crippen molar-refractivity contribution < 1.29 is 14.3 Å². The number of carbonyl (C=O) groups excluding carboxylic acids is 2. The van der Waals surface area contributed by atoms with Crippen LogP contribution >= 0.6 is 11.8 Å². The Balaban J connectivity index is 1.76. The average Bonchev–Trinajstić information content (AvgIpc) is 3.14. The van der Waals surface area contributed by atoms with Crippen molar-refractivity contribution in [2.24, 2.45) is 5.92 Å². The molecule has 2 fully saturated rings. The summed E-state index contributed by atoms with van der Waals surface area (Å²) >= 11 is 1.73. The van der Waals surface area contributed by atoms with Gasteiger partial charge in [0.2, 0.25) is 0 Å². The Morgan fingerprint density at radius 3 is 2.56 bits per heavy atom. The molecule has 5 nitrogen and oxygen atoms in total. The van der Waals surface area contributed by atoms with Crippen LogP contribution in [0.4, 0.5) is 10.5 Å². The van der Waals surface area contributed by atoms with Gasteiger partial charge in [0, 0.05) is 11.4 Å². The Bertz CT molecular complexity index is 643. The van der Waals surface area contributed by atoms with Gasteiger partial charge >= 0.3 is 12.0 Å². The number of nitrogens with one attached hydrogen (secondary N) is 1. The van der Waals surface area contributed by atoms with Crippen molar-refractivity contribution >= 4 is 29.4 Å². The normalized spacial score (nSPS) is 23.3. The summed E-state index contributed by atoms with van der Waals surface area (Å²) in [5.74, 6) is 0.795. The summed E-state index contributed by atoms with van der Waals surface area (Å²) in [5.41, 5.74) is 1.90. The van der Waals surface area contributed by atoms with Crippen LogP contribution in [-0.4, -0.2) is 40.7 Å². The fourth-order valence-corrected chi connectivity index (χ4v) is 5.50. The van der Waals surface area contributed by atoms with Gasteiger partial charge in [-0.25, -0.2) is 9.59 Å². The Hall–Kier alpha value is -1.69. The van der Waals surface area contributed by atoms with Crippen molar-refractivity contribution in [3.63, 3.8) is 0 Å². The van der Waals surface area contributed by atoms with E-state index in [1.807, 2.05) is 38.1 Å². The molecule has 0 aromatic heterocycles. The highest BCUT2D eigenvalue weighted by atomic mass is 32.2. The molecule has 148 valence electrons. The number of esters is 1. The molecule has 3 rings (SSSR count). The third-order valence-electron chi connectivity index (χ3n) is 5.35. The van der Waals surface area contributed by atoms with E-state index in [-0.39, 0.29) is 17.4 Å². The number of carbonyl (C=O) groups is 2. The second kappa shape index (κ2) is 9.49. The summed E-state index contributed by atoms with van der Waals surface area (Å²) in [7, 11) is 0. The molecule has 27 heavy (non-hydrogen) atoms. The molecule has 1 aromatic rings. The van der Waals surface area contributed by atoms with Crippen LogP contribution < -0.4 is 5.32 Å². The maximum atomic E-state index is 13.1. The number of urea groups is 1. The Labute approximate surface area is 166 Å². The second-order valence-corrected chi connectivity index (χ2v) is 8.66. The van der Waals surface area contributed by atoms with Gasteiger partial charge in [-0.3, -0.25) is 4.90 Å². The summed E-state index contributed by atoms with van der Waals surface area (Å²) in [4.78, 5) is 27.5. The second-order valence-electron chi connectivity index (χ2n) is 7.51. The van der Waals surface area contributed by atoms with Crippen LogP contribution in [0.15, 0.2) is 24.3 Å². The number of nitrogens with zero attached hydrogens (tertiary/aromatic N) is 1. The monoisotopic (exact) mass is 390 g/mol. The number of thioether (sulfide) groups is 1. The molecular weight excluding hydrogens is 360 g/mol. The quantitative estimate of drug-likeness (QED) is 0.734.